The fourth-order valence-electron chi connectivity index (χ4n) is 3.03. The van der Waals surface area contributed by atoms with E-state index in [9.17, 15) is 9.18 Å². The van der Waals surface area contributed by atoms with E-state index in [-0.39, 0.29) is 24.1 Å². The van der Waals surface area contributed by atoms with Gasteiger partial charge in [0.25, 0.3) is 0 Å². The van der Waals surface area contributed by atoms with E-state index in [0.717, 1.165) is 11.1 Å². The lowest BCUT2D eigenvalue weighted by Gasteiger charge is -2.23. The monoisotopic (exact) mass is 348 g/mol. The maximum absolute atomic E-state index is 14.4. The number of hydrogen-bond acceptors (Lipinski definition) is 2. The lowest BCUT2D eigenvalue weighted by Crippen LogP contribution is -2.28. The van der Waals surface area contributed by atoms with Crippen molar-refractivity contribution in [2.75, 3.05) is 7.05 Å². The molecule has 3 aromatic rings. The van der Waals surface area contributed by atoms with Crippen molar-refractivity contribution in [3.63, 3.8) is 0 Å². The summed E-state index contributed by atoms with van der Waals surface area (Å²) in [7, 11) is 1.76. The molecule has 1 atom stereocenters. The van der Waals surface area contributed by atoms with Crippen LogP contribution in [0.15, 0.2) is 79.1 Å². The zero-order valence-corrected chi connectivity index (χ0v) is 14.7. The molecule has 0 unspecified atom stereocenters. The average Bonchev–Trinajstić information content (AvgIpc) is 2.68. The number of carbonyl (C=O) groups excluding carboxylic acids is 1. The Morgan fingerprint density at radius 2 is 1.77 bits per heavy atom. The van der Waals surface area contributed by atoms with Gasteiger partial charge in [-0.2, -0.15) is 0 Å². The molecule has 1 heterocycles. The van der Waals surface area contributed by atoms with Gasteiger partial charge in [-0.05, 0) is 28.8 Å². The van der Waals surface area contributed by atoms with E-state index >= 15 is 0 Å². The number of nitrogens with zero attached hydrogens (tertiary/aromatic N) is 2. The number of amides is 1. The predicted molar refractivity (Wildman–Crippen MR) is 100 cm³/mol. The Kier molecular flexibility index (Phi) is 5.74. The van der Waals surface area contributed by atoms with Crippen molar-refractivity contribution in [2.24, 2.45) is 0 Å². The smallest absolute Gasteiger partial charge is 0.223 e. The minimum absolute atomic E-state index is 0.0361. The van der Waals surface area contributed by atoms with Crippen molar-refractivity contribution in [2.45, 2.75) is 18.9 Å². The van der Waals surface area contributed by atoms with Crippen molar-refractivity contribution >= 4 is 5.91 Å². The Labute approximate surface area is 153 Å². The van der Waals surface area contributed by atoms with Crippen LogP contribution in [-0.2, 0) is 11.3 Å². The maximum atomic E-state index is 14.4. The summed E-state index contributed by atoms with van der Waals surface area (Å²) in [6, 6.07) is 20.0. The van der Waals surface area contributed by atoms with E-state index in [2.05, 4.69) is 4.98 Å². The highest BCUT2D eigenvalue weighted by atomic mass is 19.1. The number of carbonyl (C=O) groups is 1. The van der Waals surface area contributed by atoms with Crippen LogP contribution in [0.4, 0.5) is 4.39 Å². The molecule has 0 spiro atoms. The third kappa shape index (κ3) is 4.33. The van der Waals surface area contributed by atoms with Gasteiger partial charge in [-0.3, -0.25) is 9.78 Å². The van der Waals surface area contributed by atoms with E-state index in [0.29, 0.717) is 12.1 Å². The van der Waals surface area contributed by atoms with Crippen molar-refractivity contribution < 1.29 is 9.18 Å². The average molecular weight is 348 g/mol. The zero-order chi connectivity index (χ0) is 18.4. The van der Waals surface area contributed by atoms with Crippen LogP contribution in [0.3, 0.4) is 0 Å². The Morgan fingerprint density at radius 3 is 2.46 bits per heavy atom. The van der Waals surface area contributed by atoms with Gasteiger partial charge in [0.2, 0.25) is 5.91 Å². The molecule has 0 aliphatic heterocycles. The summed E-state index contributed by atoms with van der Waals surface area (Å²) < 4.78 is 14.4. The zero-order valence-electron chi connectivity index (χ0n) is 14.7. The molecule has 0 saturated heterocycles. The Balaban J connectivity index is 1.82. The molecule has 0 bridgehead atoms. The van der Waals surface area contributed by atoms with Crippen LogP contribution in [0.1, 0.15) is 29.0 Å². The summed E-state index contributed by atoms with van der Waals surface area (Å²) in [5, 5.41) is 0. The molecule has 2 aromatic carbocycles. The molecule has 0 saturated carbocycles. The Bertz CT molecular complexity index is 852. The first-order valence-electron chi connectivity index (χ1n) is 8.57. The second-order valence-electron chi connectivity index (χ2n) is 6.30. The van der Waals surface area contributed by atoms with Gasteiger partial charge in [0.05, 0.1) is 0 Å². The summed E-state index contributed by atoms with van der Waals surface area (Å²) in [5.41, 5.74) is 2.44. The predicted octanol–water partition coefficient (Wildman–Crippen LogP) is 4.40. The van der Waals surface area contributed by atoms with Gasteiger partial charge >= 0.3 is 0 Å². The summed E-state index contributed by atoms with van der Waals surface area (Å²) >= 11 is 0. The highest BCUT2D eigenvalue weighted by Crippen LogP contribution is 2.30. The van der Waals surface area contributed by atoms with E-state index in [1.165, 1.54) is 6.07 Å². The number of halogens is 1. The molecule has 0 fully saturated rings. The lowest BCUT2D eigenvalue weighted by atomic mass is 9.87. The second kappa shape index (κ2) is 8.39. The number of pyridine rings is 1. The quantitative estimate of drug-likeness (QED) is 0.661. The van der Waals surface area contributed by atoms with Gasteiger partial charge in [-0.25, -0.2) is 4.39 Å². The van der Waals surface area contributed by atoms with Crippen LogP contribution in [0.5, 0.6) is 0 Å². The first kappa shape index (κ1) is 17.8. The largest absolute Gasteiger partial charge is 0.341 e. The normalized spacial score (nSPS) is 11.8. The molecule has 4 heteroatoms. The number of benzene rings is 2. The number of hydrogen-bond donors (Lipinski definition) is 0. The summed E-state index contributed by atoms with van der Waals surface area (Å²) in [4.78, 5) is 18.5. The van der Waals surface area contributed by atoms with Crippen LogP contribution in [-0.4, -0.2) is 22.8 Å². The fourth-order valence-corrected chi connectivity index (χ4v) is 3.03. The van der Waals surface area contributed by atoms with Crippen LogP contribution in [0, 0.1) is 5.82 Å². The summed E-state index contributed by atoms with van der Waals surface area (Å²) in [6.45, 7) is 0.478. The maximum Gasteiger partial charge on any atom is 0.223 e. The molecular weight excluding hydrogens is 327 g/mol. The third-order valence-electron chi connectivity index (χ3n) is 4.43. The van der Waals surface area contributed by atoms with E-state index in [4.69, 9.17) is 0 Å². The minimum atomic E-state index is -0.318. The van der Waals surface area contributed by atoms with E-state index in [1.807, 2.05) is 42.5 Å². The third-order valence-corrected chi connectivity index (χ3v) is 4.43. The SMILES string of the molecule is CN(Cc1cccnc1)C(=O)C[C@H](c1ccccc1)c1ccccc1F. The minimum Gasteiger partial charge on any atom is -0.341 e. The van der Waals surface area contributed by atoms with Gasteiger partial charge in [-0.1, -0.05) is 54.6 Å². The first-order valence-corrected chi connectivity index (χ1v) is 8.57. The van der Waals surface area contributed by atoms with Gasteiger partial charge < -0.3 is 4.90 Å². The molecule has 3 rings (SSSR count). The van der Waals surface area contributed by atoms with Gasteiger partial charge in [0, 0.05) is 38.3 Å². The standard InChI is InChI=1S/C22H21FN2O/c1-25(16-17-8-7-13-24-15-17)22(26)14-20(18-9-3-2-4-10-18)19-11-5-6-12-21(19)23/h2-13,15,20H,14,16H2,1H3/t20-/m1/s1. The Morgan fingerprint density at radius 1 is 1.04 bits per heavy atom. The van der Waals surface area contributed by atoms with Crippen LogP contribution >= 0.6 is 0 Å². The van der Waals surface area contributed by atoms with Crippen LogP contribution in [0.25, 0.3) is 0 Å². The van der Waals surface area contributed by atoms with E-state index < -0.39 is 0 Å². The summed E-state index contributed by atoms with van der Waals surface area (Å²) in [5.74, 6) is -0.642. The van der Waals surface area contributed by atoms with Gasteiger partial charge in [-0.15, -0.1) is 0 Å². The fraction of sp³-hybridized carbons (Fsp3) is 0.182. The molecule has 26 heavy (non-hydrogen) atoms. The Hall–Kier alpha value is -3.01. The number of aromatic nitrogens is 1. The topological polar surface area (TPSA) is 33.2 Å². The van der Waals surface area contributed by atoms with Gasteiger partial charge in [0.15, 0.2) is 0 Å². The molecule has 1 amide bonds. The lowest BCUT2D eigenvalue weighted by molar-refractivity contribution is -0.130. The van der Waals surface area contributed by atoms with Crippen molar-refractivity contribution in [3.8, 4) is 0 Å². The van der Waals surface area contributed by atoms with Crippen LogP contribution < -0.4 is 0 Å². The van der Waals surface area contributed by atoms with Crippen molar-refractivity contribution in [1.29, 1.82) is 0 Å². The molecule has 1 aromatic heterocycles. The highest BCUT2D eigenvalue weighted by Gasteiger charge is 2.22. The van der Waals surface area contributed by atoms with Crippen molar-refractivity contribution in [3.05, 3.63) is 102 Å². The van der Waals surface area contributed by atoms with Crippen molar-refractivity contribution in [1.82, 2.24) is 9.88 Å². The van der Waals surface area contributed by atoms with Crippen LogP contribution in [0.2, 0.25) is 0 Å². The second-order valence-corrected chi connectivity index (χ2v) is 6.30. The number of rotatable bonds is 6. The molecular formula is C22H21FN2O. The highest BCUT2D eigenvalue weighted by molar-refractivity contribution is 5.77. The van der Waals surface area contributed by atoms with Gasteiger partial charge in [0.1, 0.15) is 5.82 Å². The molecule has 0 N–H and O–H groups in total. The molecule has 0 aliphatic carbocycles. The molecule has 3 nitrogen and oxygen atoms in total. The molecule has 132 valence electrons. The molecule has 0 aliphatic rings. The van der Waals surface area contributed by atoms with E-state index in [1.54, 1.807) is 42.5 Å². The first-order chi connectivity index (χ1) is 12.6. The molecule has 0 radical (unpaired) electrons. The summed E-state index contributed by atoms with van der Waals surface area (Å²) in [6.07, 6.45) is 3.66.